The Morgan fingerprint density at radius 2 is 2.18 bits per heavy atom. The number of rotatable bonds is 4. The van der Waals surface area contributed by atoms with Gasteiger partial charge in [0.05, 0.1) is 11.8 Å². The van der Waals surface area contributed by atoms with Crippen molar-refractivity contribution >= 4 is 11.5 Å². The molecule has 0 aliphatic carbocycles. The Morgan fingerprint density at radius 3 is 2.86 bits per heavy atom. The minimum atomic E-state index is 0.320. The molecule has 120 valence electrons. The van der Waals surface area contributed by atoms with E-state index in [1.165, 1.54) is 12.8 Å². The van der Waals surface area contributed by atoms with Crippen molar-refractivity contribution in [2.75, 3.05) is 25.1 Å². The highest BCUT2D eigenvalue weighted by Crippen LogP contribution is 2.23. The third-order valence-corrected chi connectivity index (χ3v) is 4.28. The van der Waals surface area contributed by atoms with E-state index in [0.29, 0.717) is 12.0 Å². The van der Waals surface area contributed by atoms with Gasteiger partial charge >= 0.3 is 0 Å². The second-order valence-electron chi connectivity index (χ2n) is 6.62. The first-order chi connectivity index (χ1) is 10.5. The van der Waals surface area contributed by atoms with Crippen LogP contribution < -0.4 is 4.90 Å². The van der Waals surface area contributed by atoms with Gasteiger partial charge in [-0.1, -0.05) is 13.8 Å². The zero-order valence-electron chi connectivity index (χ0n) is 14.0. The summed E-state index contributed by atoms with van der Waals surface area (Å²) in [5.41, 5.74) is 3.03. The van der Waals surface area contributed by atoms with Crippen LogP contribution in [0.1, 0.15) is 50.4 Å². The summed E-state index contributed by atoms with van der Waals surface area (Å²) in [6.45, 7) is 8.15. The molecule has 1 atom stereocenters. The van der Waals surface area contributed by atoms with Crippen LogP contribution in [-0.2, 0) is 4.74 Å². The number of aryl methyl sites for hydroxylation is 1. The summed E-state index contributed by atoms with van der Waals surface area (Å²) in [6, 6.07) is 4.20. The fraction of sp³-hybridized carbons (Fsp3) is 0.647. The molecule has 0 amide bonds. The van der Waals surface area contributed by atoms with Crippen molar-refractivity contribution in [3.63, 3.8) is 0 Å². The second-order valence-corrected chi connectivity index (χ2v) is 6.62. The third kappa shape index (κ3) is 3.09. The molecule has 1 aliphatic heterocycles. The highest BCUT2D eigenvalue weighted by Gasteiger charge is 2.19. The van der Waals surface area contributed by atoms with Crippen molar-refractivity contribution in [2.24, 2.45) is 0 Å². The molecule has 2 aromatic rings. The van der Waals surface area contributed by atoms with Crippen LogP contribution in [0.4, 0.5) is 5.82 Å². The molecule has 2 aromatic heterocycles. The number of hydrogen-bond acceptors (Lipinski definition) is 4. The van der Waals surface area contributed by atoms with E-state index in [9.17, 15) is 0 Å². The minimum absolute atomic E-state index is 0.320. The fourth-order valence-electron chi connectivity index (χ4n) is 3.01. The summed E-state index contributed by atoms with van der Waals surface area (Å²) in [5, 5.41) is 4.60. The van der Waals surface area contributed by atoms with Crippen LogP contribution in [0.2, 0.25) is 0 Å². The molecule has 22 heavy (non-hydrogen) atoms. The molecule has 3 rings (SSSR count). The second kappa shape index (κ2) is 6.24. The lowest BCUT2D eigenvalue weighted by molar-refractivity contribution is 0.0215. The van der Waals surface area contributed by atoms with Gasteiger partial charge < -0.3 is 9.64 Å². The maximum absolute atomic E-state index is 5.88. The van der Waals surface area contributed by atoms with Crippen molar-refractivity contribution < 1.29 is 4.74 Å². The lowest BCUT2D eigenvalue weighted by Crippen LogP contribution is -2.34. The maximum Gasteiger partial charge on any atom is 0.157 e. The number of nitrogens with zero attached hydrogens (tertiary/aromatic N) is 4. The first kappa shape index (κ1) is 15.3. The number of anilines is 1. The first-order valence-corrected chi connectivity index (χ1v) is 8.24. The molecule has 0 N–H and O–H groups in total. The fourth-order valence-corrected chi connectivity index (χ4v) is 3.01. The molecule has 0 radical (unpaired) electrons. The number of hydrogen-bond donors (Lipinski definition) is 0. The van der Waals surface area contributed by atoms with Gasteiger partial charge in [-0.25, -0.2) is 4.98 Å². The molecule has 0 aromatic carbocycles. The van der Waals surface area contributed by atoms with Gasteiger partial charge in [-0.2, -0.15) is 9.61 Å². The lowest BCUT2D eigenvalue weighted by Gasteiger charge is -2.29. The number of ether oxygens (including phenoxy) is 1. The number of aromatic nitrogens is 3. The SMILES string of the molecule is Cc1cc2nc(C(C)C)cc(N(C)C[C@@H]3CCCCO3)n2n1. The molecule has 0 unspecified atom stereocenters. The van der Waals surface area contributed by atoms with Crippen LogP contribution in [0.5, 0.6) is 0 Å². The molecule has 0 bridgehead atoms. The van der Waals surface area contributed by atoms with E-state index in [1.54, 1.807) is 0 Å². The Hall–Kier alpha value is -1.62. The molecule has 5 heteroatoms. The summed E-state index contributed by atoms with van der Waals surface area (Å²) in [7, 11) is 2.12. The van der Waals surface area contributed by atoms with E-state index in [0.717, 1.165) is 42.4 Å². The summed E-state index contributed by atoms with van der Waals surface area (Å²) in [6.07, 6.45) is 3.92. The highest BCUT2D eigenvalue weighted by molar-refractivity contribution is 5.52. The van der Waals surface area contributed by atoms with E-state index in [1.807, 2.05) is 17.5 Å². The molecule has 3 heterocycles. The average molecular weight is 302 g/mol. The molecule has 1 saturated heterocycles. The van der Waals surface area contributed by atoms with E-state index >= 15 is 0 Å². The summed E-state index contributed by atoms with van der Waals surface area (Å²) < 4.78 is 7.83. The van der Waals surface area contributed by atoms with E-state index in [-0.39, 0.29) is 0 Å². The number of fused-ring (bicyclic) bond motifs is 1. The first-order valence-electron chi connectivity index (χ1n) is 8.24. The van der Waals surface area contributed by atoms with Gasteiger partial charge in [0.2, 0.25) is 0 Å². The highest BCUT2D eigenvalue weighted by atomic mass is 16.5. The van der Waals surface area contributed by atoms with Gasteiger partial charge in [0, 0.05) is 38.0 Å². The summed E-state index contributed by atoms with van der Waals surface area (Å²) in [4.78, 5) is 6.98. The molecule has 1 aliphatic rings. The van der Waals surface area contributed by atoms with Gasteiger partial charge in [0.25, 0.3) is 0 Å². The van der Waals surface area contributed by atoms with Crippen molar-refractivity contribution in [2.45, 2.75) is 52.1 Å². The molecular weight excluding hydrogens is 276 g/mol. The Kier molecular flexibility index (Phi) is 4.34. The molecule has 1 fully saturated rings. The monoisotopic (exact) mass is 302 g/mol. The van der Waals surface area contributed by atoms with Crippen molar-refractivity contribution in [1.82, 2.24) is 14.6 Å². The minimum Gasteiger partial charge on any atom is -0.376 e. The van der Waals surface area contributed by atoms with Crippen LogP contribution in [0.3, 0.4) is 0 Å². The predicted octanol–water partition coefficient (Wildman–Crippen LogP) is 3.17. The van der Waals surface area contributed by atoms with Gasteiger partial charge in [-0.05, 0) is 32.1 Å². The Balaban J connectivity index is 1.92. The lowest BCUT2D eigenvalue weighted by atomic mass is 10.1. The van der Waals surface area contributed by atoms with Gasteiger partial charge in [0.1, 0.15) is 5.82 Å². The summed E-state index contributed by atoms with van der Waals surface area (Å²) in [5.74, 6) is 1.49. The van der Waals surface area contributed by atoms with Crippen molar-refractivity contribution in [3.8, 4) is 0 Å². The van der Waals surface area contributed by atoms with Crippen LogP contribution in [-0.4, -0.2) is 40.9 Å². The topological polar surface area (TPSA) is 42.7 Å². The smallest absolute Gasteiger partial charge is 0.157 e. The Labute approximate surface area is 132 Å². The zero-order chi connectivity index (χ0) is 15.7. The van der Waals surface area contributed by atoms with E-state index < -0.39 is 0 Å². The maximum atomic E-state index is 5.88. The predicted molar refractivity (Wildman–Crippen MR) is 88.7 cm³/mol. The normalized spacial score (nSPS) is 19.0. The van der Waals surface area contributed by atoms with Gasteiger partial charge in [0.15, 0.2) is 5.65 Å². The average Bonchev–Trinajstić information content (AvgIpc) is 2.87. The van der Waals surface area contributed by atoms with Crippen LogP contribution in [0.25, 0.3) is 5.65 Å². The van der Waals surface area contributed by atoms with Crippen molar-refractivity contribution in [3.05, 3.63) is 23.5 Å². The van der Waals surface area contributed by atoms with Gasteiger partial charge in [-0.3, -0.25) is 0 Å². The van der Waals surface area contributed by atoms with Crippen LogP contribution in [0, 0.1) is 6.92 Å². The molecule has 5 nitrogen and oxygen atoms in total. The molecular formula is C17H26N4O. The van der Waals surface area contributed by atoms with E-state index in [4.69, 9.17) is 9.72 Å². The quantitative estimate of drug-likeness (QED) is 0.870. The van der Waals surface area contributed by atoms with E-state index in [2.05, 4.69) is 37.0 Å². The van der Waals surface area contributed by atoms with Crippen molar-refractivity contribution in [1.29, 1.82) is 0 Å². The van der Waals surface area contributed by atoms with Gasteiger partial charge in [-0.15, -0.1) is 0 Å². The van der Waals surface area contributed by atoms with Crippen LogP contribution >= 0.6 is 0 Å². The molecule has 0 saturated carbocycles. The largest absolute Gasteiger partial charge is 0.376 e. The van der Waals surface area contributed by atoms with Crippen LogP contribution in [0.15, 0.2) is 12.1 Å². The Bertz CT molecular complexity index is 643. The number of likely N-dealkylation sites (N-methyl/N-ethyl adjacent to an activating group) is 1. The summed E-state index contributed by atoms with van der Waals surface area (Å²) >= 11 is 0. The standard InChI is InChI=1S/C17H26N4O/c1-12(2)15-10-17(21-16(18-15)9-13(3)19-21)20(4)11-14-7-5-6-8-22-14/h9-10,12,14H,5-8,11H2,1-4H3/t14-/m0/s1. The zero-order valence-corrected chi connectivity index (χ0v) is 14.0. The molecule has 0 spiro atoms. The Morgan fingerprint density at radius 1 is 1.36 bits per heavy atom. The third-order valence-electron chi connectivity index (χ3n) is 4.28.